The van der Waals surface area contributed by atoms with Gasteiger partial charge in [-0.1, -0.05) is 0 Å². The maximum absolute atomic E-state index is 13.7. The zero-order chi connectivity index (χ0) is 14.8. The maximum atomic E-state index is 13.7. The molecule has 0 aromatic heterocycles. The Hall–Kier alpha value is -1.49. The van der Waals surface area contributed by atoms with Crippen LogP contribution in [0.3, 0.4) is 0 Å². The van der Waals surface area contributed by atoms with Crippen LogP contribution in [0.5, 0.6) is 0 Å². The molecule has 1 aromatic rings. The van der Waals surface area contributed by atoms with Gasteiger partial charge in [-0.15, -0.1) is 0 Å². The molecule has 2 fully saturated rings. The Morgan fingerprint density at radius 3 is 2.62 bits per heavy atom. The van der Waals surface area contributed by atoms with Gasteiger partial charge in [-0.2, -0.15) is 0 Å². The molecule has 1 amide bonds. The molecule has 0 spiro atoms. The zero-order valence-electron chi connectivity index (χ0n) is 11.9. The van der Waals surface area contributed by atoms with Crippen molar-refractivity contribution in [2.75, 3.05) is 19.6 Å². The van der Waals surface area contributed by atoms with Gasteiger partial charge in [0.05, 0.1) is 5.56 Å². The number of carbonyl (C=O) groups is 1. The van der Waals surface area contributed by atoms with Crippen LogP contribution in [0.2, 0.25) is 0 Å². The monoisotopic (exact) mass is 294 g/mol. The lowest BCUT2D eigenvalue weighted by Gasteiger charge is -2.35. The van der Waals surface area contributed by atoms with E-state index in [0.717, 1.165) is 37.6 Å². The molecular formula is C16H20F2N2O. The first-order chi connectivity index (χ1) is 10.1. The fourth-order valence-corrected chi connectivity index (χ4v) is 3.45. The lowest BCUT2D eigenvalue weighted by atomic mass is 9.88. The summed E-state index contributed by atoms with van der Waals surface area (Å²) in [6.45, 7) is 2.33. The molecule has 0 aliphatic carbocycles. The molecule has 0 bridgehead atoms. The third-order valence-electron chi connectivity index (χ3n) is 4.65. The van der Waals surface area contributed by atoms with E-state index >= 15 is 0 Å². The standard InChI is InChI=1S/C16H20F2N2O/c17-12-3-4-14(18)13(10-12)16(21)20-8-5-11(6-9-20)15-2-1-7-19-15/h3-4,10-11,15,19H,1-2,5-9H2. The van der Waals surface area contributed by atoms with E-state index < -0.39 is 17.5 Å². The van der Waals surface area contributed by atoms with Crippen LogP contribution in [0.1, 0.15) is 36.0 Å². The minimum Gasteiger partial charge on any atom is -0.339 e. The second kappa shape index (κ2) is 6.10. The van der Waals surface area contributed by atoms with Crippen LogP contribution >= 0.6 is 0 Å². The van der Waals surface area contributed by atoms with E-state index in [9.17, 15) is 13.6 Å². The van der Waals surface area contributed by atoms with Crippen molar-refractivity contribution in [1.29, 1.82) is 0 Å². The van der Waals surface area contributed by atoms with Crippen LogP contribution in [-0.2, 0) is 0 Å². The normalized spacial score (nSPS) is 23.5. The number of rotatable bonds is 2. The van der Waals surface area contributed by atoms with Gasteiger partial charge in [-0.25, -0.2) is 8.78 Å². The predicted octanol–water partition coefficient (Wildman–Crippen LogP) is 2.57. The predicted molar refractivity (Wildman–Crippen MR) is 76.0 cm³/mol. The highest BCUT2D eigenvalue weighted by Gasteiger charge is 2.30. The second-order valence-electron chi connectivity index (χ2n) is 5.96. The lowest BCUT2D eigenvalue weighted by Crippen LogP contribution is -2.43. The first-order valence-electron chi connectivity index (χ1n) is 7.63. The van der Waals surface area contributed by atoms with Crippen molar-refractivity contribution in [2.24, 2.45) is 5.92 Å². The molecular weight excluding hydrogens is 274 g/mol. The molecule has 3 rings (SSSR count). The van der Waals surface area contributed by atoms with Gasteiger partial charge in [0.1, 0.15) is 11.6 Å². The van der Waals surface area contributed by atoms with E-state index in [0.29, 0.717) is 25.0 Å². The third-order valence-corrected chi connectivity index (χ3v) is 4.65. The molecule has 2 aliphatic heterocycles. The van der Waals surface area contributed by atoms with Crippen molar-refractivity contribution in [1.82, 2.24) is 10.2 Å². The number of nitrogens with zero attached hydrogens (tertiary/aromatic N) is 1. The summed E-state index contributed by atoms with van der Waals surface area (Å²) in [4.78, 5) is 13.9. The number of hydrogen-bond acceptors (Lipinski definition) is 2. The van der Waals surface area contributed by atoms with Crippen molar-refractivity contribution in [3.63, 3.8) is 0 Å². The third kappa shape index (κ3) is 3.07. The molecule has 0 radical (unpaired) electrons. The number of piperidine rings is 1. The van der Waals surface area contributed by atoms with Crippen LogP contribution in [0.25, 0.3) is 0 Å². The van der Waals surface area contributed by atoms with Crippen molar-refractivity contribution in [2.45, 2.75) is 31.7 Å². The van der Waals surface area contributed by atoms with Gasteiger partial charge in [-0.05, 0) is 56.3 Å². The molecule has 0 saturated carbocycles. The minimum atomic E-state index is -0.652. The Morgan fingerprint density at radius 2 is 1.95 bits per heavy atom. The Bertz CT molecular complexity index is 521. The Morgan fingerprint density at radius 1 is 1.19 bits per heavy atom. The van der Waals surface area contributed by atoms with Crippen molar-refractivity contribution < 1.29 is 13.6 Å². The van der Waals surface area contributed by atoms with E-state index in [4.69, 9.17) is 0 Å². The van der Waals surface area contributed by atoms with Gasteiger partial charge >= 0.3 is 0 Å². The molecule has 114 valence electrons. The van der Waals surface area contributed by atoms with Crippen LogP contribution in [0.15, 0.2) is 18.2 Å². The smallest absolute Gasteiger partial charge is 0.256 e. The van der Waals surface area contributed by atoms with Crippen LogP contribution in [0.4, 0.5) is 8.78 Å². The van der Waals surface area contributed by atoms with E-state index in [1.54, 1.807) is 4.90 Å². The quantitative estimate of drug-likeness (QED) is 0.909. The van der Waals surface area contributed by atoms with Gasteiger partial charge in [0.2, 0.25) is 0 Å². The Balaban J connectivity index is 1.63. The Kier molecular flexibility index (Phi) is 4.19. The summed E-state index contributed by atoms with van der Waals surface area (Å²) >= 11 is 0. The average Bonchev–Trinajstić information content (AvgIpc) is 3.03. The van der Waals surface area contributed by atoms with Crippen LogP contribution < -0.4 is 5.32 Å². The summed E-state index contributed by atoms with van der Waals surface area (Å²) in [6, 6.07) is 3.60. The largest absolute Gasteiger partial charge is 0.339 e. The lowest BCUT2D eigenvalue weighted by molar-refractivity contribution is 0.0669. The second-order valence-corrected chi connectivity index (χ2v) is 5.96. The van der Waals surface area contributed by atoms with Gasteiger partial charge < -0.3 is 10.2 Å². The summed E-state index contributed by atoms with van der Waals surface area (Å²) in [5, 5.41) is 3.51. The molecule has 2 saturated heterocycles. The van der Waals surface area contributed by atoms with Crippen molar-refractivity contribution >= 4 is 5.91 Å². The van der Waals surface area contributed by atoms with E-state index in [-0.39, 0.29) is 5.56 Å². The molecule has 1 aromatic carbocycles. The van der Waals surface area contributed by atoms with Gasteiger partial charge in [0.25, 0.3) is 5.91 Å². The Labute approximate surface area is 123 Å². The van der Waals surface area contributed by atoms with E-state index in [1.807, 2.05) is 0 Å². The number of nitrogens with one attached hydrogen (secondary N) is 1. The molecule has 5 heteroatoms. The summed E-state index contributed by atoms with van der Waals surface area (Å²) < 4.78 is 26.9. The SMILES string of the molecule is O=C(c1cc(F)ccc1F)N1CCC(C2CCCN2)CC1. The topological polar surface area (TPSA) is 32.3 Å². The van der Waals surface area contributed by atoms with Crippen molar-refractivity contribution in [3.05, 3.63) is 35.4 Å². The molecule has 1 atom stereocenters. The summed E-state index contributed by atoms with van der Waals surface area (Å²) in [5.74, 6) is -1.04. The minimum absolute atomic E-state index is 0.160. The van der Waals surface area contributed by atoms with Crippen LogP contribution in [-0.4, -0.2) is 36.5 Å². The number of carbonyl (C=O) groups excluding carboxylic acids is 1. The summed E-state index contributed by atoms with van der Waals surface area (Å²) in [6.07, 6.45) is 4.29. The van der Waals surface area contributed by atoms with Gasteiger partial charge in [-0.3, -0.25) is 4.79 Å². The number of benzene rings is 1. The molecule has 21 heavy (non-hydrogen) atoms. The zero-order valence-corrected chi connectivity index (χ0v) is 11.9. The molecule has 3 nitrogen and oxygen atoms in total. The van der Waals surface area contributed by atoms with E-state index in [1.165, 1.54) is 12.8 Å². The first kappa shape index (κ1) is 14.4. The van der Waals surface area contributed by atoms with Crippen molar-refractivity contribution in [3.8, 4) is 0 Å². The fraction of sp³-hybridized carbons (Fsp3) is 0.562. The molecule has 1 N–H and O–H groups in total. The number of amides is 1. The molecule has 2 heterocycles. The highest BCUT2D eigenvalue weighted by molar-refractivity contribution is 5.94. The van der Waals surface area contributed by atoms with Gasteiger partial charge in [0, 0.05) is 19.1 Å². The molecule has 2 aliphatic rings. The van der Waals surface area contributed by atoms with Gasteiger partial charge in [0.15, 0.2) is 0 Å². The highest BCUT2D eigenvalue weighted by atomic mass is 19.1. The molecule has 1 unspecified atom stereocenters. The van der Waals surface area contributed by atoms with Crippen LogP contribution in [0, 0.1) is 17.6 Å². The summed E-state index contributed by atoms with van der Waals surface area (Å²) in [7, 11) is 0. The maximum Gasteiger partial charge on any atom is 0.256 e. The first-order valence-corrected chi connectivity index (χ1v) is 7.63. The number of hydrogen-bond donors (Lipinski definition) is 1. The average molecular weight is 294 g/mol. The fourth-order valence-electron chi connectivity index (χ4n) is 3.45. The van der Waals surface area contributed by atoms with E-state index in [2.05, 4.69) is 5.32 Å². The summed E-state index contributed by atoms with van der Waals surface area (Å²) in [5.41, 5.74) is -0.160. The number of likely N-dealkylation sites (tertiary alicyclic amines) is 1. The highest BCUT2D eigenvalue weighted by Crippen LogP contribution is 2.26. The number of halogens is 2.